The lowest BCUT2D eigenvalue weighted by molar-refractivity contribution is -0.131. The molecular formula is C18H18ClN3OS. The number of hydrogen-bond acceptors (Lipinski definition) is 3. The molecule has 6 heteroatoms. The summed E-state index contributed by atoms with van der Waals surface area (Å²) in [6, 6.07) is 5.88. The Morgan fingerprint density at radius 1 is 1.42 bits per heavy atom. The summed E-state index contributed by atoms with van der Waals surface area (Å²) in [7, 11) is 0. The Morgan fingerprint density at radius 2 is 2.25 bits per heavy atom. The summed E-state index contributed by atoms with van der Waals surface area (Å²) >= 11 is 7.76. The van der Waals surface area contributed by atoms with Crippen molar-refractivity contribution >= 4 is 39.7 Å². The van der Waals surface area contributed by atoms with Gasteiger partial charge < -0.3 is 9.88 Å². The molecular weight excluding hydrogens is 342 g/mol. The van der Waals surface area contributed by atoms with Crippen LogP contribution in [0.25, 0.3) is 10.9 Å². The lowest BCUT2D eigenvalue weighted by Gasteiger charge is -2.27. The molecule has 0 saturated carbocycles. The number of aromatic amines is 1. The fourth-order valence-electron chi connectivity index (χ4n) is 3.39. The summed E-state index contributed by atoms with van der Waals surface area (Å²) in [6.45, 7) is 5.35. The smallest absolute Gasteiger partial charge is 0.228 e. The Morgan fingerprint density at radius 3 is 3.00 bits per heavy atom. The first-order valence-electron chi connectivity index (χ1n) is 8.01. The predicted molar refractivity (Wildman–Crippen MR) is 97.7 cm³/mol. The minimum absolute atomic E-state index is 0.170. The van der Waals surface area contributed by atoms with Crippen LogP contribution < -0.4 is 0 Å². The summed E-state index contributed by atoms with van der Waals surface area (Å²) in [4.78, 5) is 23.6. The second-order valence-corrected chi connectivity index (χ2v) is 7.98. The van der Waals surface area contributed by atoms with E-state index >= 15 is 0 Å². The Bertz CT molecular complexity index is 943. The monoisotopic (exact) mass is 359 g/mol. The van der Waals surface area contributed by atoms with Crippen molar-refractivity contribution in [2.75, 3.05) is 6.54 Å². The SMILES string of the molecule is Cc1nc(C)c(CC(=O)N2CCc3[nH]c4ccc(Cl)cc4c3C2)s1. The lowest BCUT2D eigenvalue weighted by atomic mass is 10.0. The predicted octanol–water partition coefficient (Wildman–Crippen LogP) is 4.02. The van der Waals surface area contributed by atoms with Gasteiger partial charge in [-0.2, -0.15) is 0 Å². The Labute approximate surface area is 149 Å². The van der Waals surface area contributed by atoms with Crippen molar-refractivity contribution in [2.24, 2.45) is 0 Å². The number of hydrogen-bond donors (Lipinski definition) is 1. The number of nitrogens with zero attached hydrogens (tertiary/aromatic N) is 2. The molecule has 0 radical (unpaired) electrons. The zero-order valence-corrected chi connectivity index (χ0v) is 15.2. The van der Waals surface area contributed by atoms with Crippen molar-refractivity contribution in [3.8, 4) is 0 Å². The van der Waals surface area contributed by atoms with Crippen molar-refractivity contribution in [2.45, 2.75) is 33.2 Å². The van der Waals surface area contributed by atoms with Crippen LogP contribution in [0.1, 0.15) is 26.8 Å². The average Bonchev–Trinajstić information content (AvgIpc) is 3.06. The van der Waals surface area contributed by atoms with Gasteiger partial charge >= 0.3 is 0 Å². The van der Waals surface area contributed by atoms with Gasteiger partial charge in [-0.25, -0.2) is 4.98 Å². The van der Waals surface area contributed by atoms with Crippen LogP contribution in [0, 0.1) is 13.8 Å². The topological polar surface area (TPSA) is 49.0 Å². The average molecular weight is 360 g/mol. The lowest BCUT2D eigenvalue weighted by Crippen LogP contribution is -2.36. The minimum Gasteiger partial charge on any atom is -0.358 e. The molecule has 3 heterocycles. The highest BCUT2D eigenvalue weighted by molar-refractivity contribution is 7.11. The molecule has 0 spiro atoms. The van der Waals surface area contributed by atoms with Crippen LogP contribution in [-0.4, -0.2) is 27.3 Å². The van der Waals surface area contributed by atoms with Gasteiger partial charge in [0.1, 0.15) is 0 Å². The van der Waals surface area contributed by atoms with Gasteiger partial charge in [-0.1, -0.05) is 11.6 Å². The van der Waals surface area contributed by atoms with E-state index in [2.05, 4.69) is 9.97 Å². The summed E-state index contributed by atoms with van der Waals surface area (Å²) in [6.07, 6.45) is 1.30. The van der Waals surface area contributed by atoms with Gasteiger partial charge in [0.05, 0.1) is 17.1 Å². The molecule has 4 rings (SSSR count). The van der Waals surface area contributed by atoms with Crippen LogP contribution in [0.2, 0.25) is 5.02 Å². The minimum atomic E-state index is 0.170. The number of aryl methyl sites for hydroxylation is 2. The number of rotatable bonds is 2. The number of fused-ring (bicyclic) bond motifs is 3. The number of halogens is 1. The van der Waals surface area contributed by atoms with E-state index in [0.717, 1.165) is 44.5 Å². The first-order chi connectivity index (χ1) is 11.5. The van der Waals surface area contributed by atoms with Gasteiger partial charge in [-0.3, -0.25) is 4.79 Å². The number of carbonyl (C=O) groups is 1. The van der Waals surface area contributed by atoms with Crippen LogP contribution >= 0.6 is 22.9 Å². The molecule has 0 atom stereocenters. The highest BCUT2D eigenvalue weighted by Crippen LogP contribution is 2.30. The van der Waals surface area contributed by atoms with Crippen molar-refractivity contribution < 1.29 is 4.79 Å². The fraction of sp³-hybridized carbons (Fsp3) is 0.333. The van der Waals surface area contributed by atoms with Crippen molar-refractivity contribution in [1.29, 1.82) is 0 Å². The van der Waals surface area contributed by atoms with E-state index < -0.39 is 0 Å². The summed E-state index contributed by atoms with van der Waals surface area (Å²) < 4.78 is 0. The number of amides is 1. The molecule has 1 aliphatic heterocycles. The molecule has 2 aromatic heterocycles. The molecule has 1 aromatic carbocycles. The second-order valence-electron chi connectivity index (χ2n) is 6.26. The largest absolute Gasteiger partial charge is 0.358 e. The number of H-pyrrole nitrogens is 1. The zero-order chi connectivity index (χ0) is 16.8. The van der Waals surface area contributed by atoms with E-state index in [0.29, 0.717) is 13.0 Å². The van der Waals surface area contributed by atoms with Gasteiger partial charge in [0.15, 0.2) is 0 Å². The van der Waals surface area contributed by atoms with Crippen molar-refractivity contribution in [3.63, 3.8) is 0 Å². The molecule has 1 amide bonds. The molecule has 4 nitrogen and oxygen atoms in total. The molecule has 0 fully saturated rings. The molecule has 1 aliphatic rings. The number of benzene rings is 1. The van der Waals surface area contributed by atoms with E-state index in [1.165, 1.54) is 11.3 Å². The first kappa shape index (κ1) is 15.7. The summed E-state index contributed by atoms with van der Waals surface area (Å²) in [5.41, 5.74) is 4.49. The molecule has 0 aliphatic carbocycles. The maximum Gasteiger partial charge on any atom is 0.228 e. The summed E-state index contributed by atoms with van der Waals surface area (Å²) in [5, 5.41) is 2.87. The zero-order valence-electron chi connectivity index (χ0n) is 13.6. The summed E-state index contributed by atoms with van der Waals surface area (Å²) in [5.74, 6) is 0.170. The van der Waals surface area contributed by atoms with E-state index in [9.17, 15) is 4.79 Å². The normalized spacial score (nSPS) is 14.2. The van der Waals surface area contributed by atoms with Crippen molar-refractivity contribution in [3.05, 3.63) is 50.1 Å². The number of nitrogens with one attached hydrogen (secondary N) is 1. The molecule has 3 aromatic rings. The van der Waals surface area contributed by atoms with E-state index in [4.69, 9.17) is 11.6 Å². The van der Waals surface area contributed by atoms with Crippen LogP contribution in [0.4, 0.5) is 0 Å². The third-order valence-corrected chi connectivity index (χ3v) is 5.91. The van der Waals surface area contributed by atoms with Gasteiger partial charge in [0.2, 0.25) is 5.91 Å². The number of carbonyl (C=O) groups excluding carboxylic acids is 1. The second kappa shape index (κ2) is 5.90. The van der Waals surface area contributed by atoms with Crippen molar-refractivity contribution in [1.82, 2.24) is 14.9 Å². The quantitative estimate of drug-likeness (QED) is 0.751. The molecule has 0 saturated heterocycles. The van der Waals surface area contributed by atoms with Gasteiger partial charge in [0, 0.05) is 51.6 Å². The molecule has 0 bridgehead atoms. The van der Waals surface area contributed by atoms with E-state index in [-0.39, 0.29) is 5.91 Å². The third kappa shape index (κ3) is 2.72. The van der Waals surface area contributed by atoms with Gasteiger partial charge in [-0.15, -0.1) is 11.3 Å². The molecule has 0 unspecified atom stereocenters. The van der Waals surface area contributed by atoms with Gasteiger partial charge in [0.25, 0.3) is 0 Å². The standard InChI is InChI=1S/C18H18ClN3OS/c1-10-17(24-11(2)20-10)8-18(23)22-6-5-16-14(9-22)13-7-12(19)3-4-15(13)21-16/h3-4,7,21H,5-6,8-9H2,1-2H3. The van der Waals surface area contributed by atoms with Crippen LogP contribution in [-0.2, 0) is 24.2 Å². The molecule has 1 N–H and O–H groups in total. The van der Waals surface area contributed by atoms with Crippen LogP contribution in [0.5, 0.6) is 0 Å². The first-order valence-corrected chi connectivity index (χ1v) is 9.20. The number of aromatic nitrogens is 2. The third-order valence-electron chi connectivity index (χ3n) is 4.60. The maximum absolute atomic E-state index is 12.7. The number of thiazole rings is 1. The van der Waals surface area contributed by atoms with Gasteiger partial charge in [-0.05, 0) is 32.0 Å². The molecule has 124 valence electrons. The Kier molecular flexibility index (Phi) is 3.85. The maximum atomic E-state index is 12.7. The fourth-order valence-corrected chi connectivity index (χ4v) is 4.49. The Hall–Kier alpha value is -1.85. The Balaban J connectivity index is 1.59. The molecule has 24 heavy (non-hydrogen) atoms. The van der Waals surface area contributed by atoms with E-state index in [1.54, 1.807) is 11.3 Å². The van der Waals surface area contributed by atoms with Crippen LogP contribution in [0.3, 0.4) is 0 Å². The van der Waals surface area contributed by atoms with Crippen LogP contribution in [0.15, 0.2) is 18.2 Å². The highest BCUT2D eigenvalue weighted by Gasteiger charge is 2.25. The highest BCUT2D eigenvalue weighted by atomic mass is 35.5. The van der Waals surface area contributed by atoms with E-state index in [1.807, 2.05) is 36.9 Å².